The molecule has 1 unspecified atom stereocenters. The first-order valence-electron chi connectivity index (χ1n) is 7.46. The van der Waals surface area contributed by atoms with E-state index in [0.29, 0.717) is 6.04 Å². The quantitative estimate of drug-likeness (QED) is 0.774. The summed E-state index contributed by atoms with van der Waals surface area (Å²) in [6.45, 7) is 6.21. The van der Waals surface area contributed by atoms with Gasteiger partial charge >= 0.3 is 0 Å². The third-order valence-electron chi connectivity index (χ3n) is 3.60. The highest BCUT2D eigenvalue weighted by Crippen LogP contribution is 2.13. The molecule has 0 aromatic heterocycles. The molecule has 1 saturated heterocycles. The summed E-state index contributed by atoms with van der Waals surface area (Å²) in [6, 6.07) is 9.93. The average Bonchev–Trinajstić information content (AvgIpc) is 2.96. The second-order valence-electron chi connectivity index (χ2n) is 5.11. The van der Waals surface area contributed by atoms with Crippen LogP contribution in [0, 0.1) is 0 Å². The number of hydrogen-bond donors (Lipinski definition) is 1. The van der Waals surface area contributed by atoms with Gasteiger partial charge in [0.05, 0.1) is 0 Å². The van der Waals surface area contributed by atoms with Crippen molar-refractivity contribution in [2.45, 2.75) is 25.8 Å². The summed E-state index contributed by atoms with van der Waals surface area (Å²) in [7, 11) is 0. The van der Waals surface area contributed by atoms with Gasteiger partial charge in [0.1, 0.15) is 0 Å². The van der Waals surface area contributed by atoms with Crippen molar-refractivity contribution in [3.8, 4) is 0 Å². The Balaban J connectivity index is 1.71. The maximum atomic E-state index is 12.3. The van der Waals surface area contributed by atoms with E-state index in [1.165, 1.54) is 0 Å². The number of amides is 1. The van der Waals surface area contributed by atoms with Crippen molar-refractivity contribution in [3.63, 3.8) is 0 Å². The van der Waals surface area contributed by atoms with E-state index in [1.54, 1.807) is 0 Å². The number of benzene rings is 1. The minimum Gasteiger partial charge on any atom is -0.382 e. The Hall–Kier alpha value is -1.39. The second kappa shape index (κ2) is 8.02. The Kier molecular flexibility index (Phi) is 6.02. The molecule has 1 aromatic carbocycles. The largest absolute Gasteiger partial charge is 0.382 e. The molecule has 0 saturated carbocycles. The van der Waals surface area contributed by atoms with Crippen LogP contribution in [0.3, 0.4) is 0 Å². The lowest BCUT2D eigenvalue weighted by atomic mass is 10.2. The molecule has 1 aliphatic heterocycles. The molecular weight excluding hydrogens is 252 g/mol. The van der Waals surface area contributed by atoms with Gasteiger partial charge in [-0.25, -0.2) is 0 Å². The molecule has 1 fully saturated rings. The van der Waals surface area contributed by atoms with Crippen molar-refractivity contribution >= 4 is 5.91 Å². The van der Waals surface area contributed by atoms with Crippen LogP contribution in [0.5, 0.6) is 0 Å². The van der Waals surface area contributed by atoms with Crippen molar-refractivity contribution < 1.29 is 9.53 Å². The predicted octanol–water partition coefficient (Wildman–Crippen LogP) is 1.92. The van der Waals surface area contributed by atoms with Gasteiger partial charge in [-0.3, -0.25) is 4.79 Å². The standard InChI is InChI=1S/C16H24N2O2/c1-2-20-12-6-10-17-15-9-11-18(13-15)16(19)14-7-4-3-5-8-14/h3-5,7-8,15,17H,2,6,9-13H2,1H3. The number of hydrogen-bond acceptors (Lipinski definition) is 3. The van der Waals surface area contributed by atoms with Crippen molar-refractivity contribution in [2.75, 3.05) is 32.8 Å². The van der Waals surface area contributed by atoms with E-state index >= 15 is 0 Å². The lowest BCUT2D eigenvalue weighted by molar-refractivity contribution is 0.0789. The van der Waals surface area contributed by atoms with E-state index in [0.717, 1.165) is 51.3 Å². The molecule has 1 heterocycles. The van der Waals surface area contributed by atoms with Gasteiger partial charge in [0.2, 0.25) is 0 Å². The van der Waals surface area contributed by atoms with Crippen LogP contribution in [-0.2, 0) is 4.74 Å². The smallest absolute Gasteiger partial charge is 0.253 e. The van der Waals surface area contributed by atoms with Crippen LogP contribution in [-0.4, -0.2) is 49.7 Å². The molecule has 0 aliphatic carbocycles. The first kappa shape index (κ1) is 15.0. The van der Waals surface area contributed by atoms with Gasteiger partial charge in [-0.1, -0.05) is 18.2 Å². The normalized spacial score (nSPS) is 18.4. The van der Waals surface area contributed by atoms with E-state index < -0.39 is 0 Å². The molecular formula is C16H24N2O2. The third kappa shape index (κ3) is 4.32. The average molecular weight is 276 g/mol. The molecule has 0 radical (unpaired) electrons. The van der Waals surface area contributed by atoms with E-state index in [2.05, 4.69) is 5.32 Å². The third-order valence-corrected chi connectivity index (χ3v) is 3.60. The molecule has 1 N–H and O–H groups in total. The second-order valence-corrected chi connectivity index (χ2v) is 5.11. The first-order chi connectivity index (χ1) is 9.81. The number of likely N-dealkylation sites (tertiary alicyclic amines) is 1. The SMILES string of the molecule is CCOCCCNC1CCN(C(=O)c2ccccc2)C1. The minimum atomic E-state index is 0.143. The highest BCUT2D eigenvalue weighted by Gasteiger charge is 2.26. The van der Waals surface area contributed by atoms with Crippen LogP contribution in [0.4, 0.5) is 0 Å². The molecule has 4 nitrogen and oxygen atoms in total. The molecule has 4 heteroatoms. The van der Waals surface area contributed by atoms with E-state index in [1.807, 2.05) is 42.2 Å². The molecule has 20 heavy (non-hydrogen) atoms. The Morgan fingerprint density at radius 1 is 1.40 bits per heavy atom. The number of rotatable bonds is 7. The van der Waals surface area contributed by atoms with Gasteiger partial charge < -0.3 is 15.0 Å². The molecule has 110 valence electrons. The summed E-state index contributed by atoms with van der Waals surface area (Å²) < 4.78 is 5.31. The first-order valence-corrected chi connectivity index (χ1v) is 7.46. The van der Waals surface area contributed by atoms with E-state index in [9.17, 15) is 4.79 Å². The lowest BCUT2D eigenvalue weighted by Crippen LogP contribution is -2.35. The van der Waals surface area contributed by atoms with Crippen LogP contribution in [0.1, 0.15) is 30.1 Å². The highest BCUT2D eigenvalue weighted by molar-refractivity contribution is 5.94. The van der Waals surface area contributed by atoms with Gasteiger partial charge in [0.25, 0.3) is 5.91 Å². The van der Waals surface area contributed by atoms with Crippen LogP contribution in [0.25, 0.3) is 0 Å². The molecule has 2 rings (SSSR count). The van der Waals surface area contributed by atoms with Crippen LogP contribution >= 0.6 is 0 Å². The molecule has 1 atom stereocenters. The number of nitrogens with zero attached hydrogens (tertiary/aromatic N) is 1. The van der Waals surface area contributed by atoms with Crippen molar-refractivity contribution in [3.05, 3.63) is 35.9 Å². The van der Waals surface area contributed by atoms with Crippen molar-refractivity contribution in [2.24, 2.45) is 0 Å². The van der Waals surface area contributed by atoms with Gasteiger partial charge in [-0.15, -0.1) is 0 Å². The van der Waals surface area contributed by atoms with E-state index in [4.69, 9.17) is 4.74 Å². The predicted molar refractivity (Wildman–Crippen MR) is 79.9 cm³/mol. The topological polar surface area (TPSA) is 41.6 Å². The molecule has 0 bridgehead atoms. The summed E-state index contributed by atoms with van der Waals surface area (Å²) in [5.41, 5.74) is 0.782. The summed E-state index contributed by atoms with van der Waals surface area (Å²) in [6.07, 6.45) is 2.06. The zero-order valence-electron chi connectivity index (χ0n) is 12.2. The molecule has 1 amide bonds. The highest BCUT2D eigenvalue weighted by atomic mass is 16.5. The lowest BCUT2D eigenvalue weighted by Gasteiger charge is -2.17. The fraction of sp³-hybridized carbons (Fsp3) is 0.562. The number of carbonyl (C=O) groups is 1. The number of carbonyl (C=O) groups excluding carboxylic acids is 1. The van der Waals surface area contributed by atoms with Crippen LogP contribution in [0.15, 0.2) is 30.3 Å². The summed E-state index contributed by atoms with van der Waals surface area (Å²) in [4.78, 5) is 14.2. The Bertz CT molecular complexity index is 408. The molecule has 1 aliphatic rings. The zero-order chi connectivity index (χ0) is 14.2. The van der Waals surface area contributed by atoms with Gasteiger partial charge in [-0.2, -0.15) is 0 Å². The summed E-state index contributed by atoms with van der Waals surface area (Å²) in [5, 5.41) is 3.50. The number of ether oxygens (including phenoxy) is 1. The Morgan fingerprint density at radius 3 is 2.95 bits per heavy atom. The van der Waals surface area contributed by atoms with E-state index in [-0.39, 0.29) is 5.91 Å². The van der Waals surface area contributed by atoms with Crippen molar-refractivity contribution in [1.82, 2.24) is 10.2 Å². The summed E-state index contributed by atoms with van der Waals surface area (Å²) >= 11 is 0. The summed E-state index contributed by atoms with van der Waals surface area (Å²) in [5.74, 6) is 0.143. The fourth-order valence-corrected chi connectivity index (χ4v) is 2.50. The maximum absolute atomic E-state index is 12.3. The van der Waals surface area contributed by atoms with Gasteiger partial charge in [0.15, 0.2) is 0 Å². The van der Waals surface area contributed by atoms with Gasteiger partial charge in [-0.05, 0) is 38.4 Å². The zero-order valence-corrected chi connectivity index (χ0v) is 12.2. The fourth-order valence-electron chi connectivity index (χ4n) is 2.50. The van der Waals surface area contributed by atoms with Gasteiger partial charge in [0, 0.05) is 37.9 Å². The Morgan fingerprint density at radius 2 is 2.20 bits per heavy atom. The monoisotopic (exact) mass is 276 g/mol. The minimum absolute atomic E-state index is 0.143. The Labute approximate surface area is 121 Å². The van der Waals surface area contributed by atoms with Crippen LogP contribution < -0.4 is 5.32 Å². The van der Waals surface area contributed by atoms with Crippen molar-refractivity contribution in [1.29, 1.82) is 0 Å². The molecule has 1 aromatic rings. The maximum Gasteiger partial charge on any atom is 0.253 e. The number of nitrogens with one attached hydrogen (secondary N) is 1. The van der Waals surface area contributed by atoms with Crippen LogP contribution in [0.2, 0.25) is 0 Å². The molecule has 0 spiro atoms.